The van der Waals surface area contributed by atoms with Crippen LogP contribution in [-0.4, -0.2) is 47.8 Å². The molecule has 8 nitrogen and oxygen atoms in total. The maximum absolute atomic E-state index is 12.7. The number of nitrogens with zero attached hydrogens (tertiary/aromatic N) is 3. The first-order valence-corrected chi connectivity index (χ1v) is 10.7. The van der Waals surface area contributed by atoms with Gasteiger partial charge in [0.05, 0.1) is 4.92 Å². The third-order valence-electron chi connectivity index (χ3n) is 5.57. The number of benzene rings is 2. The zero-order valence-corrected chi connectivity index (χ0v) is 18.0. The Hall–Kier alpha value is -3.42. The smallest absolute Gasteiger partial charge is 0.293 e. The maximum Gasteiger partial charge on any atom is 0.293 e. The first-order chi connectivity index (χ1) is 14.9. The molecular weight excluding hydrogens is 396 g/mol. The van der Waals surface area contributed by atoms with Gasteiger partial charge >= 0.3 is 0 Å². The second-order valence-electron chi connectivity index (χ2n) is 7.52. The molecule has 1 saturated heterocycles. The summed E-state index contributed by atoms with van der Waals surface area (Å²) in [6.07, 6.45) is 3.14. The van der Waals surface area contributed by atoms with Crippen molar-refractivity contribution in [3.63, 3.8) is 0 Å². The molecule has 0 aliphatic carbocycles. The van der Waals surface area contributed by atoms with Crippen molar-refractivity contribution in [2.45, 2.75) is 33.1 Å². The minimum absolute atomic E-state index is 0.0604. The van der Waals surface area contributed by atoms with Gasteiger partial charge in [0.2, 0.25) is 0 Å². The molecule has 1 heterocycles. The zero-order chi connectivity index (χ0) is 22.4. The monoisotopic (exact) mass is 424 g/mol. The van der Waals surface area contributed by atoms with E-state index < -0.39 is 10.8 Å². The van der Waals surface area contributed by atoms with E-state index in [1.54, 1.807) is 41.3 Å². The van der Waals surface area contributed by atoms with E-state index in [4.69, 9.17) is 0 Å². The van der Waals surface area contributed by atoms with Gasteiger partial charge in [0, 0.05) is 49.1 Å². The lowest BCUT2D eigenvalue weighted by Crippen LogP contribution is -2.30. The topological polar surface area (TPSA) is 95.8 Å². The van der Waals surface area contributed by atoms with Crippen LogP contribution in [0, 0.1) is 10.1 Å². The Morgan fingerprint density at radius 3 is 2.19 bits per heavy atom. The fraction of sp³-hybridized carbons (Fsp3) is 0.391. The summed E-state index contributed by atoms with van der Waals surface area (Å²) in [5.41, 5.74) is 1.78. The van der Waals surface area contributed by atoms with Gasteiger partial charge in [0.25, 0.3) is 17.5 Å². The van der Waals surface area contributed by atoms with Crippen LogP contribution >= 0.6 is 0 Å². The van der Waals surface area contributed by atoms with Crippen molar-refractivity contribution >= 4 is 28.9 Å². The van der Waals surface area contributed by atoms with Crippen LogP contribution in [0.2, 0.25) is 0 Å². The molecule has 2 aromatic carbocycles. The summed E-state index contributed by atoms with van der Waals surface area (Å²) in [5, 5.41) is 14.4. The molecule has 0 aromatic heterocycles. The Morgan fingerprint density at radius 2 is 1.61 bits per heavy atom. The summed E-state index contributed by atoms with van der Waals surface area (Å²) >= 11 is 0. The number of rotatable bonds is 7. The van der Waals surface area contributed by atoms with E-state index in [1.807, 2.05) is 18.7 Å². The molecule has 2 aromatic rings. The highest BCUT2D eigenvalue weighted by Gasteiger charge is 2.23. The lowest BCUT2D eigenvalue weighted by molar-refractivity contribution is -0.384. The standard InChI is InChI=1S/C23H28N4O4/c1-3-25(4-2)23(29)17-8-11-19(12-9-17)24-22(28)18-10-13-20(21(16-18)27(30)31)26-14-6-5-7-15-26/h8-13,16H,3-7,14-15H2,1-2H3,(H,24,28). The number of carbonyl (C=O) groups is 2. The number of hydrogen-bond donors (Lipinski definition) is 1. The quantitative estimate of drug-likeness (QED) is 0.527. The van der Waals surface area contributed by atoms with Crippen LogP contribution < -0.4 is 10.2 Å². The van der Waals surface area contributed by atoms with E-state index in [0.29, 0.717) is 30.0 Å². The van der Waals surface area contributed by atoms with Crippen molar-refractivity contribution < 1.29 is 14.5 Å². The van der Waals surface area contributed by atoms with Crippen molar-refractivity contribution in [2.75, 3.05) is 36.4 Å². The number of nitrogens with one attached hydrogen (secondary N) is 1. The van der Waals surface area contributed by atoms with Crippen LogP contribution in [0.5, 0.6) is 0 Å². The van der Waals surface area contributed by atoms with Crippen LogP contribution in [0.1, 0.15) is 53.8 Å². The third kappa shape index (κ3) is 5.20. The van der Waals surface area contributed by atoms with Gasteiger partial charge in [-0.1, -0.05) is 0 Å². The molecule has 1 aliphatic rings. The number of amides is 2. The highest BCUT2D eigenvalue weighted by molar-refractivity contribution is 6.05. The highest BCUT2D eigenvalue weighted by Crippen LogP contribution is 2.31. The van der Waals surface area contributed by atoms with Crippen molar-refractivity contribution in [3.05, 3.63) is 63.7 Å². The van der Waals surface area contributed by atoms with Crippen LogP contribution in [0.25, 0.3) is 0 Å². The Kier molecular flexibility index (Phi) is 7.23. The molecule has 0 spiro atoms. The minimum Gasteiger partial charge on any atom is -0.366 e. The number of carbonyl (C=O) groups excluding carboxylic acids is 2. The molecule has 0 unspecified atom stereocenters. The zero-order valence-electron chi connectivity index (χ0n) is 18.0. The lowest BCUT2D eigenvalue weighted by Gasteiger charge is -2.28. The van der Waals surface area contributed by atoms with Crippen molar-refractivity contribution in [3.8, 4) is 0 Å². The summed E-state index contributed by atoms with van der Waals surface area (Å²) in [6.45, 7) is 6.66. The lowest BCUT2D eigenvalue weighted by atomic mass is 10.1. The molecule has 164 valence electrons. The molecule has 0 atom stereocenters. The predicted molar refractivity (Wildman–Crippen MR) is 121 cm³/mol. The summed E-state index contributed by atoms with van der Waals surface area (Å²) in [5.74, 6) is -0.497. The van der Waals surface area contributed by atoms with Gasteiger partial charge in [-0.05, 0) is 69.5 Å². The normalized spacial score (nSPS) is 13.5. The second-order valence-corrected chi connectivity index (χ2v) is 7.52. The van der Waals surface area contributed by atoms with Crippen molar-refractivity contribution in [2.24, 2.45) is 0 Å². The number of nitro benzene ring substituents is 1. The number of piperidine rings is 1. The highest BCUT2D eigenvalue weighted by atomic mass is 16.6. The fourth-order valence-electron chi connectivity index (χ4n) is 3.81. The van der Waals surface area contributed by atoms with Gasteiger partial charge in [-0.2, -0.15) is 0 Å². The van der Waals surface area contributed by atoms with E-state index in [9.17, 15) is 19.7 Å². The van der Waals surface area contributed by atoms with E-state index in [0.717, 1.165) is 32.4 Å². The summed E-state index contributed by atoms with van der Waals surface area (Å²) < 4.78 is 0. The fourth-order valence-corrected chi connectivity index (χ4v) is 3.81. The average molecular weight is 425 g/mol. The molecule has 0 bridgehead atoms. The molecule has 0 saturated carbocycles. The SMILES string of the molecule is CCN(CC)C(=O)c1ccc(NC(=O)c2ccc(N3CCCCC3)c([N+](=O)[O-])c2)cc1. The number of anilines is 2. The van der Waals surface area contributed by atoms with Crippen LogP contribution in [0.3, 0.4) is 0 Å². The molecule has 1 N–H and O–H groups in total. The van der Waals surface area contributed by atoms with Gasteiger partial charge in [-0.3, -0.25) is 19.7 Å². The van der Waals surface area contributed by atoms with Gasteiger partial charge in [0.15, 0.2) is 0 Å². The Balaban J connectivity index is 1.75. The number of hydrogen-bond acceptors (Lipinski definition) is 5. The molecule has 1 aliphatic heterocycles. The first kappa shape index (κ1) is 22.3. The van der Waals surface area contributed by atoms with Gasteiger partial charge in [-0.15, -0.1) is 0 Å². The molecule has 0 radical (unpaired) electrons. The molecule has 3 rings (SSSR count). The molecular formula is C23H28N4O4. The van der Waals surface area contributed by atoms with Crippen LogP contribution in [-0.2, 0) is 0 Å². The minimum atomic E-state index is -0.436. The Bertz CT molecular complexity index is 949. The van der Waals surface area contributed by atoms with Gasteiger partial charge < -0.3 is 15.1 Å². The van der Waals surface area contributed by atoms with Crippen LogP contribution in [0.4, 0.5) is 17.1 Å². The van der Waals surface area contributed by atoms with E-state index >= 15 is 0 Å². The largest absolute Gasteiger partial charge is 0.366 e. The molecule has 8 heteroatoms. The summed E-state index contributed by atoms with van der Waals surface area (Å²) in [7, 11) is 0. The Labute approximate surface area is 182 Å². The molecule has 2 amide bonds. The molecule has 1 fully saturated rings. The predicted octanol–water partition coefficient (Wildman–Crippen LogP) is 4.32. The summed E-state index contributed by atoms with van der Waals surface area (Å²) in [4.78, 5) is 40.0. The van der Waals surface area contributed by atoms with Crippen LogP contribution in [0.15, 0.2) is 42.5 Å². The maximum atomic E-state index is 12.7. The first-order valence-electron chi connectivity index (χ1n) is 10.7. The van der Waals surface area contributed by atoms with Gasteiger partial charge in [-0.25, -0.2) is 0 Å². The van der Waals surface area contributed by atoms with E-state index in [-0.39, 0.29) is 17.2 Å². The van der Waals surface area contributed by atoms with Crippen molar-refractivity contribution in [1.29, 1.82) is 0 Å². The van der Waals surface area contributed by atoms with E-state index in [2.05, 4.69) is 5.32 Å². The molecule has 31 heavy (non-hydrogen) atoms. The summed E-state index contributed by atoms with van der Waals surface area (Å²) in [6, 6.07) is 11.2. The number of nitro groups is 1. The van der Waals surface area contributed by atoms with Gasteiger partial charge in [0.1, 0.15) is 5.69 Å². The average Bonchev–Trinajstić information content (AvgIpc) is 2.80. The third-order valence-corrected chi connectivity index (χ3v) is 5.57. The Morgan fingerprint density at radius 1 is 1.00 bits per heavy atom. The van der Waals surface area contributed by atoms with E-state index in [1.165, 1.54) is 6.07 Å². The second kappa shape index (κ2) is 10.1. The van der Waals surface area contributed by atoms with Crippen molar-refractivity contribution in [1.82, 2.24) is 4.90 Å².